The normalized spacial score (nSPS) is 17.3. The molecule has 1 atom stereocenters. The third kappa shape index (κ3) is 3.12. The molecule has 1 N–H and O–H groups in total. The number of amides is 2. The van der Waals surface area contributed by atoms with Gasteiger partial charge in [0.2, 0.25) is 5.91 Å². The Bertz CT molecular complexity index is 730. The molecule has 23 heavy (non-hydrogen) atoms. The molecule has 2 amide bonds. The molecule has 0 bridgehead atoms. The maximum Gasteiger partial charge on any atom is 0.264 e. The van der Waals surface area contributed by atoms with Gasteiger partial charge >= 0.3 is 0 Å². The molecule has 1 aliphatic rings. The molecule has 120 valence electrons. The topological polar surface area (TPSA) is 49.4 Å². The smallest absolute Gasteiger partial charge is 0.264 e. The highest BCUT2D eigenvalue weighted by molar-refractivity contribution is 7.12. The molecule has 6 heteroatoms. The van der Waals surface area contributed by atoms with Gasteiger partial charge in [0.25, 0.3) is 5.91 Å². The highest BCUT2D eigenvalue weighted by Crippen LogP contribution is 2.24. The highest BCUT2D eigenvalue weighted by Gasteiger charge is 2.35. The zero-order chi connectivity index (χ0) is 16.4. The summed E-state index contributed by atoms with van der Waals surface area (Å²) < 4.78 is 13.6. The zero-order valence-electron chi connectivity index (χ0n) is 12.7. The summed E-state index contributed by atoms with van der Waals surface area (Å²) in [6.45, 7) is 2.19. The molecule has 2 heterocycles. The maximum absolute atomic E-state index is 13.6. The lowest BCUT2D eigenvalue weighted by atomic mass is 10.1. The standard InChI is InChI=1S/C17H17FN2O2S/c1-11-12(18)5-2-6-13(11)19-16(21)14-7-3-9-20(14)17(22)15-8-4-10-23-15/h2,4-6,8,10,14H,3,7,9H2,1H3,(H,19,21)/t14-/m0/s1. The van der Waals surface area contributed by atoms with E-state index in [1.807, 2.05) is 11.4 Å². The van der Waals surface area contributed by atoms with Crippen molar-refractivity contribution in [1.82, 2.24) is 4.90 Å². The Morgan fingerprint density at radius 3 is 2.87 bits per heavy atom. The summed E-state index contributed by atoms with van der Waals surface area (Å²) in [5, 5.41) is 4.60. The number of carbonyl (C=O) groups excluding carboxylic acids is 2. The quantitative estimate of drug-likeness (QED) is 0.936. The molecule has 0 spiro atoms. The number of nitrogens with one attached hydrogen (secondary N) is 1. The molecule has 1 aliphatic heterocycles. The molecule has 2 aromatic rings. The van der Waals surface area contributed by atoms with E-state index in [4.69, 9.17) is 0 Å². The van der Waals surface area contributed by atoms with Gasteiger partial charge in [0.05, 0.1) is 4.88 Å². The maximum atomic E-state index is 13.6. The van der Waals surface area contributed by atoms with Gasteiger partial charge in [0.15, 0.2) is 0 Å². The van der Waals surface area contributed by atoms with Gasteiger partial charge in [0, 0.05) is 17.8 Å². The van der Waals surface area contributed by atoms with Crippen molar-refractivity contribution in [2.75, 3.05) is 11.9 Å². The molecule has 0 saturated carbocycles. The summed E-state index contributed by atoms with van der Waals surface area (Å²) in [7, 11) is 0. The van der Waals surface area contributed by atoms with Crippen LogP contribution in [0.2, 0.25) is 0 Å². The fourth-order valence-electron chi connectivity index (χ4n) is 2.78. The van der Waals surface area contributed by atoms with Gasteiger partial charge in [-0.15, -0.1) is 11.3 Å². The number of carbonyl (C=O) groups is 2. The summed E-state index contributed by atoms with van der Waals surface area (Å²) in [6, 6.07) is 7.65. The van der Waals surface area contributed by atoms with Gasteiger partial charge in [-0.25, -0.2) is 4.39 Å². The van der Waals surface area contributed by atoms with Crippen LogP contribution < -0.4 is 5.32 Å². The molecule has 0 aliphatic carbocycles. The molecule has 0 radical (unpaired) electrons. The minimum atomic E-state index is -0.507. The van der Waals surface area contributed by atoms with Crippen molar-refractivity contribution in [3.63, 3.8) is 0 Å². The van der Waals surface area contributed by atoms with E-state index < -0.39 is 6.04 Å². The van der Waals surface area contributed by atoms with Crippen molar-refractivity contribution in [2.24, 2.45) is 0 Å². The lowest BCUT2D eigenvalue weighted by molar-refractivity contribution is -0.119. The lowest BCUT2D eigenvalue weighted by Crippen LogP contribution is -2.43. The number of anilines is 1. The second-order valence-corrected chi connectivity index (χ2v) is 6.48. The molecular weight excluding hydrogens is 315 g/mol. The van der Waals surface area contributed by atoms with E-state index in [0.29, 0.717) is 29.1 Å². The van der Waals surface area contributed by atoms with Crippen molar-refractivity contribution in [3.05, 3.63) is 52.0 Å². The number of nitrogens with zero attached hydrogens (tertiary/aromatic N) is 1. The fraction of sp³-hybridized carbons (Fsp3) is 0.294. The molecular formula is C17H17FN2O2S. The lowest BCUT2D eigenvalue weighted by Gasteiger charge is -2.23. The van der Waals surface area contributed by atoms with E-state index in [0.717, 1.165) is 6.42 Å². The van der Waals surface area contributed by atoms with E-state index in [-0.39, 0.29) is 17.6 Å². The molecule has 4 nitrogen and oxygen atoms in total. The third-order valence-corrected chi connectivity index (χ3v) is 4.93. The number of halogens is 1. The predicted molar refractivity (Wildman–Crippen MR) is 88.1 cm³/mol. The van der Waals surface area contributed by atoms with Crippen LogP contribution in [0.4, 0.5) is 10.1 Å². The molecule has 1 saturated heterocycles. The largest absolute Gasteiger partial charge is 0.326 e. The molecule has 0 unspecified atom stereocenters. The summed E-state index contributed by atoms with van der Waals surface area (Å²) in [5.74, 6) is -0.740. The average molecular weight is 332 g/mol. The minimum absolute atomic E-state index is 0.117. The van der Waals surface area contributed by atoms with Crippen LogP contribution in [0.5, 0.6) is 0 Å². The minimum Gasteiger partial charge on any atom is -0.326 e. The van der Waals surface area contributed by atoms with Crippen molar-refractivity contribution < 1.29 is 14.0 Å². The SMILES string of the molecule is Cc1c(F)cccc1NC(=O)[C@@H]1CCCN1C(=O)c1cccs1. The van der Waals surface area contributed by atoms with Gasteiger partial charge in [-0.05, 0) is 43.3 Å². The number of rotatable bonds is 3. The van der Waals surface area contributed by atoms with Gasteiger partial charge in [-0.3, -0.25) is 9.59 Å². The Balaban J connectivity index is 1.76. The number of hydrogen-bond donors (Lipinski definition) is 1. The first-order chi connectivity index (χ1) is 11.1. The summed E-state index contributed by atoms with van der Waals surface area (Å²) in [5.41, 5.74) is 0.848. The summed E-state index contributed by atoms with van der Waals surface area (Å²) in [4.78, 5) is 27.3. The van der Waals surface area contributed by atoms with Gasteiger partial charge in [-0.1, -0.05) is 12.1 Å². The summed E-state index contributed by atoms with van der Waals surface area (Å²) >= 11 is 1.37. The second kappa shape index (κ2) is 6.50. The van der Waals surface area contributed by atoms with Crippen LogP contribution in [-0.2, 0) is 4.79 Å². The van der Waals surface area contributed by atoms with E-state index in [9.17, 15) is 14.0 Å². The highest BCUT2D eigenvalue weighted by atomic mass is 32.1. The van der Waals surface area contributed by atoms with Crippen LogP contribution in [0.1, 0.15) is 28.1 Å². The predicted octanol–water partition coefficient (Wildman–Crippen LogP) is 3.44. The Labute approximate surface area is 137 Å². The molecule has 1 aromatic heterocycles. The van der Waals surface area contributed by atoms with Crippen LogP contribution in [-0.4, -0.2) is 29.3 Å². The van der Waals surface area contributed by atoms with Crippen molar-refractivity contribution in [2.45, 2.75) is 25.8 Å². The van der Waals surface area contributed by atoms with E-state index in [1.165, 1.54) is 17.4 Å². The van der Waals surface area contributed by atoms with E-state index in [1.54, 1.807) is 30.0 Å². The molecule has 3 rings (SSSR count). The molecule has 1 fully saturated rings. The van der Waals surface area contributed by atoms with Crippen molar-refractivity contribution >= 4 is 28.8 Å². The Morgan fingerprint density at radius 1 is 1.30 bits per heavy atom. The monoisotopic (exact) mass is 332 g/mol. The van der Waals surface area contributed by atoms with Crippen molar-refractivity contribution in [1.29, 1.82) is 0 Å². The Morgan fingerprint density at radius 2 is 2.13 bits per heavy atom. The fourth-order valence-corrected chi connectivity index (χ4v) is 3.46. The zero-order valence-corrected chi connectivity index (χ0v) is 13.5. The second-order valence-electron chi connectivity index (χ2n) is 5.54. The number of benzene rings is 1. The van der Waals surface area contributed by atoms with Crippen LogP contribution in [0.3, 0.4) is 0 Å². The number of likely N-dealkylation sites (tertiary alicyclic amines) is 1. The van der Waals surface area contributed by atoms with Crippen LogP contribution in [0.25, 0.3) is 0 Å². The third-order valence-electron chi connectivity index (χ3n) is 4.07. The van der Waals surface area contributed by atoms with Crippen molar-refractivity contribution in [3.8, 4) is 0 Å². The van der Waals surface area contributed by atoms with Crippen LogP contribution in [0, 0.1) is 12.7 Å². The average Bonchev–Trinajstić information content (AvgIpc) is 3.21. The first-order valence-corrected chi connectivity index (χ1v) is 8.36. The number of hydrogen-bond acceptors (Lipinski definition) is 3. The Hall–Kier alpha value is -2.21. The van der Waals surface area contributed by atoms with E-state index >= 15 is 0 Å². The summed E-state index contributed by atoms with van der Waals surface area (Å²) in [6.07, 6.45) is 1.41. The first kappa shape index (κ1) is 15.7. The van der Waals surface area contributed by atoms with Gasteiger partial charge in [0.1, 0.15) is 11.9 Å². The van der Waals surface area contributed by atoms with E-state index in [2.05, 4.69) is 5.32 Å². The first-order valence-electron chi connectivity index (χ1n) is 7.48. The number of thiophene rings is 1. The van der Waals surface area contributed by atoms with Crippen LogP contribution in [0.15, 0.2) is 35.7 Å². The van der Waals surface area contributed by atoms with Crippen LogP contribution >= 0.6 is 11.3 Å². The van der Waals surface area contributed by atoms with Gasteiger partial charge in [-0.2, -0.15) is 0 Å². The van der Waals surface area contributed by atoms with Gasteiger partial charge < -0.3 is 10.2 Å². The Kier molecular flexibility index (Phi) is 4.43. The molecule has 1 aromatic carbocycles.